The highest BCUT2D eigenvalue weighted by Crippen LogP contribution is 2.21. The quantitative estimate of drug-likeness (QED) is 0.550. The summed E-state index contributed by atoms with van der Waals surface area (Å²) < 4.78 is 10.9. The Labute approximate surface area is 171 Å². The Hall–Kier alpha value is -3.04. The van der Waals surface area contributed by atoms with E-state index in [4.69, 9.17) is 9.26 Å². The largest absolute Gasteiger partial charge is 0.484 e. The lowest BCUT2D eigenvalue weighted by Crippen LogP contribution is -2.49. The van der Waals surface area contributed by atoms with E-state index >= 15 is 0 Å². The Morgan fingerprint density at radius 1 is 1.17 bits per heavy atom. The number of thiophene rings is 1. The van der Waals surface area contributed by atoms with Crippen LogP contribution in [0.3, 0.4) is 0 Å². The van der Waals surface area contributed by atoms with E-state index in [1.807, 2.05) is 17.5 Å². The summed E-state index contributed by atoms with van der Waals surface area (Å²) in [6, 6.07) is 10.6. The monoisotopic (exact) mass is 412 g/mol. The maximum Gasteiger partial charge on any atom is 0.260 e. The average molecular weight is 412 g/mol. The third-order valence-corrected chi connectivity index (χ3v) is 5.54. The van der Waals surface area contributed by atoms with Crippen molar-refractivity contribution < 1.29 is 18.8 Å². The summed E-state index contributed by atoms with van der Waals surface area (Å²) in [5, 5.41) is 6.01. The number of carbonyl (C=O) groups excluding carboxylic acids is 2. The van der Waals surface area contributed by atoms with Crippen molar-refractivity contribution >= 4 is 23.5 Å². The SMILES string of the molecule is O=Cc1ccc(OCC(=O)N2CCN(Cc3nc(-c4cccs4)no3)CC2)cc1. The fraction of sp³-hybridized carbons (Fsp3) is 0.300. The second-order valence-corrected chi connectivity index (χ2v) is 7.57. The van der Waals surface area contributed by atoms with Gasteiger partial charge < -0.3 is 14.2 Å². The Morgan fingerprint density at radius 3 is 2.66 bits per heavy atom. The first-order valence-corrected chi connectivity index (χ1v) is 10.1. The molecule has 0 saturated carbocycles. The molecule has 1 fully saturated rings. The van der Waals surface area contributed by atoms with Gasteiger partial charge in [-0.15, -0.1) is 11.3 Å². The first-order chi connectivity index (χ1) is 14.2. The van der Waals surface area contributed by atoms with Crippen LogP contribution in [0.5, 0.6) is 5.75 Å². The van der Waals surface area contributed by atoms with Gasteiger partial charge in [-0.1, -0.05) is 11.2 Å². The van der Waals surface area contributed by atoms with Gasteiger partial charge in [0.15, 0.2) is 6.61 Å². The van der Waals surface area contributed by atoms with Gasteiger partial charge in [-0.25, -0.2) is 0 Å². The summed E-state index contributed by atoms with van der Waals surface area (Å²) in [4.78, 5) is 32.5. The number of hydrogen-bond donors (Lipinski definition) is 0. The number of rotatable bonds is 7. The zero-order valence-electron chi connectivity index (χ0n) is 15.7. The lowest BCUT2D eigenvalue weighted by atomic mass is 10.2. The molecule has 29 heavy (non-hydrogen) atoms. The van der Waals surface area contributed by atoms with Crippen molar-refractivity contribution in [2.24, 2.45) is 0 Å². The second-order valence-electron chi connectivity index (χ2n) is 6.62. The molecule has 0 N–H and O–H groups in total. The number of piperazine rings is 1. The van der Waals surface area contributed by atoms with Crippen molar-refractivity contribution in [3.63, 3.8) is 0 Å². The van der Waals surface area contributed by atoms with Gasteiger partial charge in [0.2, 0.25) is 11.7 Å². The van der Waals surface area contributed by atoms with Crippen molar-refractivity contribution in [3.05, 3.63) is 53.2 Å². The average Bonchev–Trinajstić information content (AvgIpc) is 3.45. The highest BCUT2D eigenvalue weighted by atomic mass is 32.1. The van der Waals surface area contributed by atoms with Gasteiger partial charge in [0, 0.05) is 31.7 Å². The van der Waals surface area contributed by atoms with Gasteiger partial charge >= 0.3 is 0 Å². The van der Waals surface area contributed by atoms with E-state index in [2.05, 4.69) is 15.0 Å². The smallest absolute Gasteiger partial charge is 0.260 e. The Morgan fingerprint density at radius 2 is 1.97 bits per heavy atom. The first-order valence-electron chi connectivity index (χ1n) is 9.26. The van der Waals surface area contributed by atoms with Crippen LogP contribution in [0.1, 0.15) is 16.2 Å². The van der Waals surface area contributed by atoms with Gasteiger partial charge in [-0.3, -0.25) is 14.5 Å². The number of amides is 1. The zero-order valence-corrected chi connectivity index (χ0v) is 16.5. The number of hydrogen-bond acceptors (Lipinski definition) is 8. The molecule has 1 aliphatic rings. The standard InChI is InChI=1S/C20H20N4O4S/c25-13-15-3-5-16(6-4-15)27-14-19(26)24-9-7-23(8-10-24)12-18-21-20(22-28-18)17-2-1-11-29-17/h1-6,11,13H,7-10,12,14H2. The number of aldehydes is 1. The number of aromatic nitrogens is 2. The van der Waals surface area contributed by atoms with Crippen LogP contribution >= 0.6 is 11.3 Å². The molecule has 3 heterocycles. The molecule has 1 saturated heterocycles. The van der Waals surface area contributed by atoms with E-state index in [9.17, 15) is 9.59 Å². The number of carbonyl (C=O) groups is 2. The molecule has 1 amide bonds. The van der Waals surface area contributed by atoms with E-state index in [0.717, 1.165) is 24.3 Å². The van der Waals surface area contributed by atoms with Crippen molar-refractivity contribution in [1.29, 1.82) is 0 Å². The summed E-state index contributed by atoms with van der Waals surface area (Å²) in [6.45, 7) is 3.26. The number of benzene rings is 1. The lowest BCUT2D eigenvalue weighted by molar-refractivity contribution is -0.135. The molecule has 0 unspecified atom stereocenters. The minimum atomic E-state index is -0.0538. The van der Waals surface area contributed by atoms with Gasteiger partial charge in [0.25, 0.3) is 5.91 Å². The summed E-state index contributed by atoms with van der Waals surface area (Å²) >= 11 is 1.57. The Kier molecular flexibility index (Phi) is 5.97. The highest BCUT2D eigenvalue weighted by molar-refractivity contribution is 7.13. The third-order valence-electron chi connectivity index (χ3n) is 4.67. The summed E-state index contributed by atoms with van der Waals surface area (Å²) in [7, 11) is 0. The van der Waals surface area contributed by atoms with Crippen LogP contribution in [0.4, 0.5) is 0 Å². The van der Waals surface area contributed by atoms with E-state index in [1.54, 1.807) is 40.5 Å². The lowest BCUT2D eigenvalue weighted by Gasteiger charge is -2.33. The third kappa shape index (κ3) is 4.87. The van der Waals surface area contributed by atoms with Crippen LogP contribution in [-0.4, -0.2) is 64.9 Å². The van der Waals surface area contributed by atoms with Crippen molar-refractivity contribution in [1.82, 2.24) is 19.9 Å². The minimum absolute atomic E-state index is 0.0196. The Bertz CT molecular complexity index is 947. The minimum Gasteiger partial charge on any atom is -0.484 e. The molecule has 9 heteroatoms. The predicted molar refractivity (Wildman–Crippen MR) is 107 cm³/mol. The van der Waals surface area contributed by atoms with Crippen LogP contribution < -0.4 is 4.74 Å². The van der Waals surface area contributed by atoms with Crippen LogP contribution in [0, 0.1) is 0 Å². The summed E-state index contributed by atoms with van der Waals surface area (Å²) in [5.41, 5.74) is 0.573. The highest BCUT2D eigenvalue weighted by Gasteiger charge is 2.23. The van der Waals surface area contributed by atoms with Crippen molar-refractivity contribution in [3.8, 4) is 16.5 Å². The fourth-order valence-electron chi connectivity index (χ4n) is 3.05. The molecular formula is C20H20N4O4S. The van der Waals surface area contributed by atoms with Crippen LogP contribution in [0.15, 0.2) is 46.3 Å². The molecule has 1 aliphatic heterocycles. The summed E-state index contributed by atoms with van der Waals surface area (Å²) in [6.07, 6.45) is 0.770. The molecular weight excluding hydrogens is 392 g/mol. The van der Waals surface area contributed by atoms with Gasteiger partial charge in [0.1, 0.15) is 12.0 Å². The van der Waals surface area contributed by atoms with Gasteiger partial charge in [-0.05, 0) is 35.7 Å². The van der Waals surface area contributed by atoms with E-state index in [1.165, 1.54) is 0 Å². The topological polar surface area (TPSA) is 88.8 Å². The normalized spacial score (nSPS) is 14.7. The fourth-order valence-corrected chi connectivity index (χ4v) is 3.70. The Balaban J connectivity index is 1.22. The van der Waals surface area contributed by atoms with Crippen LogP contribution in [0.2, 0.25) is 0 Å². The molecule has 0 aliphatic carbocycles. The van der Waals surface area contributed by atoms with Crippen LogP contribution in [0.25, 0.3) is 10.7 Å². The second kappa shape index (κ2) is 8.97. The van der Waals surface area contributed by atoms with E-state index in [0.29, 0.717) is 42.7 Å². The molecule has 8 nitrogen and oxygen atoms in total. The van der Waals surface area contributed by atoms with Crippen LogP contribution in [-0.2, 0) is 11.3 Å². The number of nitrogens with zero attached hydrogens (tertiary/aromatic N) is 4. The van der Waals surface area contributed by atoms with E-state index < -0.39 is 0 Å². The molecule has 4 rings (SSSR count). The molecule has 1 aromatic carbocycles. The molecule has 3 aromatic rings. The molecule has 0 radical (unpaired) electrons. The molecule has 150 valence electrons. The van der Waals surface area contributed by atoms with Crippen molar-refractivity contribution in [2.75, 3.05) is 32.8 Å². The van der Waals surface area contributed by atoms with E-state index in [-0.39, 0.29) is 12.5 Å². The van der Waals surface area contributed by atoms with Gasteiger partial charge in [-0.2, -0.15) is 4.98 Å². The molecule has 0 bridgehead atoms. The molecule has 0 spiro atoms. The molecule has 2 aromatic heterocycles. The maximum absolute atomic E-state index is 12.4. The van der Waals surface area contributed by atoms with Crippen molar-refractivity contribution in [2.45, 2.75) is 6.54 Å². The number of ether oxygens (including phenoxy) is 1. The first kappa shape index (κ1) is 19.3. The predicted octanol–water partition coefficient (Wildman–Crippen LogP) is 2.33. The molecule has 0 atom stereocenters. The maximum atomic E-state index is 12.4. The zero-order chi connectivity index (χ0) is 20.1. The van der Waals surface area contributed by atoms with Gasteiger partial charge in [0.05, 0.1) is 11.4 Å². The summed E-state index contributed by atoms with van der Waals surface area (Å²) in [5.74, 6) is 1.71.